The zero-order valence-corrected chi connectivity index (χ0v) is 11.0. The molecule has 0 spiro atoms. The number of hydrogen-bond donors (Lipinski definition) is 2. The minimum Gasteiger partial charge on any atom is -0.392 e. The quantitative estimate of drug-likeness (QED) is 0.729. The fraction of sp³-hybridized carbons (Fsp3) is 0.929. The molecule has 4 heteroatoms. The molecule has 0 aromatic carbocycles. The van der Waals surface area contributed by atoms with E-state index in [4.69, 9.17) is 0 Å². The number of aliphatic hydroxyl groups is 1. The third-order valence-corrected chi connectivity index (χ3v) is 4.93. The van der Waals surface area contributed by atoms with Crippen molar-refractivity contribution in [3.05, 3.63) is 0 Å². The van der Waals surface area contributed by atoms with Crippen LogP contribution in [0.4, 0.5) is 0 Å². The Balaban J connectivity index is 1.68. The maximum Gasteiger partial charge on any atom is 0.240 e. The monoisotopic (exact) mass is 252 g/mol. The molecule has 0 bridgehead atoms. The van der Waals surface area contributed by atoms with Crippen molar-refractivity contribution < 1.29 is 9.90 Å². The van der Waals surface area contributed by atoms with Crippen molar-refractivity contribution in [2.24, 2.45) is 5.92 Å². The number of β-amino-alcohol motifs (C(OH)–C–C–N with tert-alkyl or cyclic N) is 1. The summed E-state index contributed by atoms with van der Waals surface area (Å²) in [5.74, 6) is 0.978. The van der Waals surface area contributed by atoms with Gasteiger partial charge < -0.3 is 15.3 Å². The van der Waals surface area contributed by atoms with Crippen LogP contribution in [0.5, 0.6) is 0 Å². The van der Waals surface area contributed by atoms with Gasteiger partial charge >= 0.3 is 0 Å². The molecule has 3 fully saturated rings. The zero-order chi connectivity index (χ0) is 12.5. The van der Waals surface area contributed by atoms with Crippen LogP contribution >= 0.6 is 0 Å². The first-order valence-electron chi connectivity index (χ1n) is 7.47. The van der Waals surface area contributed by atoms with Crippen molar-refractivity contribution in [3.63, 3.8) is 0 Å². The van der Waals surface area contributed by atoms with Crippen LogP contribution in [0.3, 0.4) is 0 Å². The lowest BCUT2D eigenvalue weighted by atomic mass is 9.78. The molecule has 102 valence electrons. The fourth-order valence-corrected chi connectivity index (χ4v) is 4.00. The van der Waals surface area contributed by atoms with Gasteiger partial charge in [-0.25, -0.2) is 0 Å². The largest absolute Gasteiger partial charge is 0.392 e. The fourth-order valence-electron chi connectivity index (χ4n) is 4.00. The number of carbonyl (C=O) groups excluding carboxylic acids is 1. The van der Waals surface area contributed by atoms with Gasteiger partial charge in [-0.2, -0.15) is 0 Å². The highest BCUT2D eigenvalue weighted by Crippen LogP contribution is 2.35. The number of nitrogens with one attached hydrogen (secondary N) is 1. The van der Waals surface area contributed by atoms with Crippen LogP contribution in [0.15, 0.2) is 0 Å². The molecule has 18 heavy (non-hydrogen) atoms. The van der Waals surface area contributed by atoms with E-state index in [9.17, 15) is 9.90 Å². The van der Waals surface area contributed by atoms with Crippen LogP contribution in [0.1, 0.15) is 44.9 Å². The van der Waals surface area contributed by atoms with Crippen molar-refractivity contribution in [2.75, 3.05) is 13.1 Å². The minimum absolute atomic E-state index is 0.138. The van der Waals surface area contributed by atoms with Crippen LogP contribution in [-0.2, 0) is 4.79 Å². The summed E-state index contributed by atoms with van der Waals surface area (Å²) in [5.41, 5.74) is 0. The van der Waals surface area contributed by atoms with E-state index >= 15 is 0 Å². The van der Waals surface area contributed by atoms with Gasteiger partial charge in [-0.3, -0.25) is 4.79 Å². The van der Waals surface area contributed by atoms with Gasteiger partial charge in [-0.05, 0) is 38.0 Å². The van der Waals surface area contributed by atoms with Gasteiger partial charge in [0.1, 0.15) is 0 Å². The number of aliphatic hydroxyl groups excluding tert-OH is 1. The first-order chi connectivity index (χ1) is 8.75. The predicted molar refractivity (Wildman–Crippen MR) is 69.1 cm³/mol. The van der Waals surface area contributed by atoms with Gasteiger partial charge in [-0.1, -0.05) is 12.8 Å². The van der Waals surface area contributed by atoms with E-state index in [2.05, 4.69) is 10.2 Å². The lowest BCUT2D eigenvalue weighted by Gasteiger charge is -2.45. The lowest BCUT2D eigenvalue weighted by molar-refractivity contribution is -0.139. The summed E-state index contributed by atoms with van der Waals surface area (Å²) in [7, 11) is 0. The van der Waals surface area contributed by atoms with Crippen molar-refractivity contribution in [1.82, 2.24) is 10.2 Å². The van der Waals surface area contributed by atoms with Crippen LogP contribution in [0.25, 0.3) is 0 Å². The van der Waals surface area contributed by atoms with Crippen molar-refractivity contribution >= 4 is 5.91 Å². The summed E-state index contributed by atoms with van der Waals surface area (Å²) in [6.45, 7) is 1.49. The van der Waals surface area contributed by atoms with Crippen LogP contribution < -0.4 is 5.32 Å². The SMILES string of the molecule is O=C(C1CC(O)CN1)N1CCC[C@H]2CCCC[C@H]21. The molecule has 2 unspecified atom stereocenters. The van der Waals surface area contributed by atoms with E-state index < -0.39 is 0 Å². The third kappa shape index (κ3) is 2.28. The first-order valence-corrected chi connectivity index (χ1v) is 7.47. The number of amides is 1. The van der Waals surface area contributed by atoms with Gasteiger partial charge in [0.25, 0.3) is 0 Å². The first kappa shape index (κ1) is 12.4. The molecule has 2 saturated heterocycles. The predicted octanol–water partition coefficient (Wildman–Crippen LogP) is 0.890. The zero-order valence-electron chi connectivity index (χ0n) is 11.0. The Morgan fingerprint density at radius 3 is 2.72 bits per heavy atom. The Hall–Kier alpha value is -0.610. The van der Waals surface area contributed by atoms with Gasteiger partial charge in [-0.15, -0.1) is 0 Å². The van der Waals surface area contributed by atoms with E-state index in [1.54, 1.807) is 0 Å². The molecule has 4 atom stereocenters. The van der Waals surface area contributed by atoms with Crippen LogP contribution in [0.2, 0.25) is 0 Å². The molecular formula is C14H24N2O2. The highest BCUT2D eigenvalue weighted by atomic mass is 16.3. The number of fused-ring (bicyclic) bond motifs is 1. The van der Waals surface area contributed by atoms with E-state index in [1.165, 1.54) is 32.1 Å². The second-order valence-corrected chi connectivity index (χ2v) is 6.14. The smallest absolute Gasteiger partial charge is 0.240 e. The van der Waals surface area contributed by atoms with E-state index in [0.29, 0.717) is 19.0 Å². The molecular weight excluding hydrogens is 228 g/mol. The third-order valence-electron chi connectivity index (χ3n) is 4.93. The minimum atomic E-state index is -0.342. The maximum atomic E-state index is 12.6. The van der Waals surface area contributed by atoms with Gasteiger partial charge in [0.15, 0.2) is 0 Å². The summed E-state index contributed by atoms with van der Waals surface area (Å²) >= 11 is 0. The molecule has 2 N–H and O–H groups in total. The summed E-state index contributed by atoms with van der Waals surface area (Å²) < 4.78 is 0. The Morgan fingerprint density at radius 1 is 1.17 bits per heavy atom. The van der Waals surface area contributed by atoms with Gasteiger partial charge in [0.05, 0.1) is 12.1 Å². The number of hydrogen-bond acceptors (Lipinski definition) is 3. The van der Waals surface area contributed by atoms with E-state index in [0.717, 1.165) is 18.9 Å². The number of nitrogens with zero attached hydrogens (tertiary/aromatic N) is 1. The molecule has 3 aliphatic rings. The van der Waals surface area contributed by atoms with E-state index in [-0.39, 0.29) is 18.1 Å². The van der Waals surface area contributed by atoms with Crippen molar-refractivity contribution in [1.29, 1.82) is 0 Å². The molecule has 2 aliphatic heterocycles. The number of rotatable bonds is 1. The highest BCUT2D eigenvalue weighted by Gasteiger charge is 2.39. The van der Waals surface area contributed by atoms with Crippen molar-refractivity contribution in [2.45, 2.75) is 63.1 Å². The summed E-state index contributed by atoms with van der Waals surface area (Å²) in [6.07, 6.45) is 7.80. The molecule has 1 aliphatic carbocycles. The molecule has 3 rings (SSSR count). The lowest BCUT2D eigenvalue weighted by Crippen LogP contribution is -2.54. The van der Waals surface area contributed by atoms with Crippen LogP contribution in [0, 0.1) is 5.92 Å². The van der Waals surface area contributed by atoms with Gasteiger partial charge in [0.2, 0.25) is 5.91 Å². The normalized spacial score (nSPS) is 40.6. The molecule has 0 aromatic rings. The van der Waals surface area contributed by atoms with Gasteiger partial charge in [0, 0.05) is 19.1 Å². The van der Waals surface area contributed by atoms with E-state index in [1.807, 2.05) is 0 Å². The average Bonchev–Trinajstić information content (AvgIpc) is 2.84. The average molecular weight is 252 g/mol. The number of likely N-dealkylation sites (tertiary alicyclic amines) is 1. The molecule has 1 amide bonds. The summed E-state index contributed by atoms with van der Waals surface area (Å²) in [5, 5.41) is 12.7. The number of piperidine rings is 1. The summed E-state index contributed by atoms with van der Waals surface area (Å²) in [6, 6.07) is 0.347. The van der Waals surface area contributed by atoms with Crippen LogP contribution in [-0.4, -0.2) is 47.2 Å². The van der Waals surface area contributed by atoms with Crippen molar-refractivity contribution in [3.8, 4) is 0 Å². The molecule has 2 heterocycles. The second-order valence-electron chi connectivity index (χ2n) is 6.14. The molecule has 1 saturated carbocycles. The Kier molecular flexibility index (Phi) is 3.57. The highest BCUT2D eigenvalue weighted by molar-refractivity contribution is 5.82. The Morgan fingerprint density at radius 2 is 1.94 bits per heavy atom. The molecule has 0 aromatic heterocycles. The second kappa shape index (κ2) is 5.17. The molecule has 0 radical (unpaired) electrons. The Labute approximate surface area is 109 Å². The maximum absolute atomic E-state index is 12.6. The molecule has 4 nitrogen and oxygen atoms in total. The summed E-state index contributed by atoms with van der Waals surface area (Å²) in [4.78, 5) is 14.7. The standard InChI is InChI=1S/C14H24N2O2/c17-11-8-12(15-9-11)14(18)16-7-3-5-10-4-1-2-6-13(10)16/h10-13,15,17H,1-9H2/t10-,11?,12?,13-/m1/s1. The number of carbonyl (C=O) groups is 1. The Bertz CT molecular complexity index is 319. The topological polar surface area (TPSA) is 52.6 Å².